The number of hydrogen-bond acceptors (Lipinski definition) is 6. The van der Waals surface area contributed by atoms with Gasteiger partial charge >= 0.3 is 0 Å². The number of aryl methyl sites for hydroxylation is 1. The molecule has 0 aromatic carbocycles. The van der Waals surface area contributed by atoms with Crippen molar-refractivity contribution < 1.29 is 0 Å². The Balaban J connectivity index is 2.37. The third-order valence-electron chi connectivity index (χ3n) is 3.34. The zero-order chi connectivity index (χ0) is 13.8. The quantitative estimate of drug-likeness (QED) is 0.595. The Morgan fingerprint density at radius 2 is 2.21 bits per heavy atom. The number of nitrogens with zero attached hydrogens (tertiary/aromatic N) is 4. The maximum absolute atomic E-state index is 8.79. The molecule has 3 N–H and O–H groups in total. The van der Waals surface area contributed by atoms with Gasteiger partial charge in [0.2, 0.25) is 0 Å². The van der Waals surface area contributed by atoms with Gasteiger partial charge in [-0.05, 0) is 19.8 Å². The fourth-order valence-corrected chi connectivity index (χ4v) is 2.15. The van der Waals surface area contributed by atoms with Crippen LogP contribution in [0.4, 0.5) is 11.6 Å². The van der Waals surface area contributed by atoms with E-state index in [9.17, 15) is 0 Å². The van der Waals surface area contributed by atoms with Crippen molar-refractivity contribution in [1.29, 1.82) is 5.26 Å². The van der Waals surface area contributed by atoms with Crippen LogP contribution in [0.1, 0.15) is 37.6 Å². The zero-order valence-electron chi connectivity index (χ0n) is 11.5. The molecule has 1 heterocycles. The van der Waals surface area contributed by atoms with Gasteiger partial charge in [-0.2, -0.15) is 5.26 Å². The fraction of sp³-hybridized carbons (Fsp3) is 0.615. The summed E-state index contributed by atoms with van der Waals surface area (Å²) < 4.78 is 0. The lowest BCUT2D eigenvalue weighted by Gasteiger charge is -2.25. The van der Waals surface area contributed by atoms with Crippen molar-refractivity contribution in [2.24, 2.45) is 5.84 Å². The lowest BCUT2D eigenvalue weighted by Crippen LogP contribution is -2.29. The van der Waals surface area contributed by atoms with E-state index in [0.29, 0.717) is 24.8 Å². The van der Waals surface area contributed by atoms with E-state index in [4.69, 9.17) is 11.1 Å². The minimum Gasteiger partial charge on any atom is -0.352 e. The van der Waals surface area contributed by atoms with E-state index in [1.54, 1.807) is 0 Å². The van der Waals surface area contributed by atoms with E-state index in [1.807, 2.05) is 13.8 Å². The monoisotopic (exact) mass is 260 g/mol. The third kappa shape index (κ3) is 2.93. The maximum Gasteiger partial charge on any atom is 0.148 e. The van der Waals surface area contributed by atoms with Gasteiger partial charge in [0.25, 0.3) is 0 Å². The molecule has 0 radical (unpaired) electrons. The molecule has 1 aliphatic carbocycles. The molecule has 0 aliphatic heterocycles. The van der Waals surface area contributed by atoms with Gasteiger partial charge in [-0.1, -0.05) is 6.92 Å². The smallest absolute Gasteiger partial charge is 0.148 e. The Morgan fingerprint density at radius 3 is 2.74 bits per heavy atom. The summed E-state index contributed by atoms with van der Waals surface area (Å²) in [6, 6.07) is 2.71. The molecular formula is C13H20N6. The number of rotatable bonds is 6. The zero-order valence-corrected chi connectivity index (χ0v) is 11.5. The average molecular weight is 260 g/mol. The van der Waals surface area contributed by atoms with Crippen LogP contribution in [0.25, 0.3) is 0 Å². The van der Waals surface area contributed by atoms with Crippen molar-refractivity contribution in [3.63, 3.8) is 0 Å². The van der Waals surface area contributed by atoms with Gasteiger partial charge in [0.1, 0.15) is 17.5 Å². The van der Waals surface area contributed by atoms with Crippen LogP contribution in [0, 0.1) is 18.3 Å². The molecule has 0 atom stereocenters. The summed E-state index contributed by atoms with van der Waals surface area (Å²) >= 11 is 0. The number of hydrogen-bond donors (Lipinski definition) is 2. The number of hydrazine groups is 1. The van der Waals surface area contributed by atoms with Crippen molar-refractivity contribution in [1.82, 2.24) is 9.97 Å². The van der Waals surface area contributed by atoms with E-state index in [2.05, 4.69) is 26.4 Å². The summed E-state index contributed by atoms with van der Waals surface area (Å²) in [6.45, 7) is 4.70. The molecule has 0 spiro atoms. The second kappa shape index (κ2) is 5.85. The maximum atomic E-state index is 8.79. The molecule has 1 fully saturated rings. The topological polar surface area (TPSA) is 90.9 Å². The lowest BCUT2D eigenvalue weighted by molar-refractivity contribution is 0.761. The number of nitriles is 1. The third-order valence-corrected chi connectivity index (χ3v) is 3.34. The summed E-state index contributed by atoms with van der Waals surface area (Å²) in [5.74, 6) is 7.88. The SMILES string of the molecule is CCc1nc(NN)c(C)c(N(CCC#N)C2CC2)n1. The number of aromatic nitrogens is 2. The van der Waals surface area contributed by atoms with Crippen molar-refractivity contribution in [2.45, 2.75) is 45.6 Å². The van der Waals surface area contributed by atoms with E-state index < -0.39 is 0 Å². The van der Waals surface area contributed by atoms with E-state index in [-0.39, 0.29) is 0 Å². The second-order valence-electron chi connectivity index (χ2n) is 4.77. The molecule has 19 heavy (non-hydrogen) atoms. The molecule has 0 bridgehead atoms. The predicted molar refractivity (Wildman–Crippen MR) is 74.6 cm³/mol. The van der Waals surface area contributed by atoms with Gasteiger partial charge in [0, 0.05) is 24.6 Å². The second-order valence-corrected chi connectivity index (χ2v) is 4.77. The molecular weight excluding hydrogens is 240 g/mol. The van der Waals surface area contributed by atoms with Crippen molar-refractivity contribution in [2.75, 3.05) is 16.9 Å². The van der Waals surface area contributed by atoms with E-state index in [0.717, 1.165) is 23.6 Å². The average Bonchev–Trinajstić information content (AvgIpc) is 3.25. The van der Waals surface area contributed by atoms with Crippen molar-refractivity contribution in [3.8, 4) is 6.07 Å². The van der Waals surface area contributed by atoms with Gasteiger partial charge < -0.3 is 10.3 Å². The van der Waals surface area contributed by atoms with Crippen LogP contribution in [0.2, 0.25) is 0 Å². The van der Waals surface area contributed by atoms with Crippen LogP contribution in [0.5, 0.6) is 0 Å². The van der Waals surface area contributed by atoms with Crippen molar-refractivity contribution >= 4 is 11.6 Å². The Hall–Kier alpha value is -1.87. The fourth-order valence-electron chi connectivity index (χ4n) is 2.15. The Labute approximate surface area is 113 Å². The summed E-state index contributed by atoms with van der Waals surface area (Å²) in [4.78, 5) is 11.2. The number of anilines is 2. The highest BCUT2D eigenvalue weighted by Crippen LogP contribution is 2.34. The van der Waals surface area contributed by atoms with Crippen molar-refractivity contribution in [3.05, 3.63) is 11.4 Å². The van der Waals surface area contributed by atoms with Crippen LogP contribution in [0.3, 0.4) is 0 Å². The minimum absolute atomic E-state index is 0.507. The van der Waals surface area contributed by atoms with Gasteiger partial charge in [-0.3, -0.25) is 0 Å². The largest absolute Gasteiger partial charge is 0.352 e. The molecule has 1 aromatic heterocycles. The molecule has 0 unspecified atom stereocenters. The van der Waals surface area contributed by atoms with E-state index >= 15 is 0 Å². The Morgan fingerprint density at radius 1 is 1.47 bits per heavy atom. The number of nitrogen functional groups attached to an aromatic ring is 1. The molecule has 6 nitrogen and oxygen atoms in total. The summed E-state index contributed by atoms with van der Waals surface area (Å²) in [6.07, 6.45) is 3.61. The van der Waals surface area contributed by atoms with Gasteiger partial charge in [-0.25, -0.2) is 15.8 Å². The Kier molecular flexibility index (Phi) is 4.17. The molecule has 6 heteroatoms. The molecule has 0 amide bonds. The van der Waals surface area contributed by atoms with Crippen LogP contribution in [-0.4, -0.2) is 22.6 Å². The molecule has 1 saturated carbocycles. The first-order chi connectivity index (χ1) is 9.21. The normalized spacial score (nSPS) is 14.0. The molecule has 102 valence electrons. The van der Waals surface area contributed by atoms with Gasteiger partial charge in [-0.15, -0.1) is 0 Å². The highest BCUT2D eigenvalue weighted by atomic mass is 15.3. The summed E-state index contributed by atoms with van der Waals surface area (Å²) in [7, 11) is 0. The predicted octanol–water partition coefficient (Wildman–Crippen LogP) is 1.52. The van der Waals surface area contributed by atoms with E-state index in [1.165, 1.54) is 12.8 Å². The first kappa shape index (κ1) is 13.6. The first-order valence-electron chi connectivity index (χ1n) is 6.69. The standard InChI is InChI=1S/C13H20N6/c1-3-11-16-12(18-15)9(2)13(17-11)19(8-4-7-14)10-5-6-10/h10H,3-6,8,15H2,1-2H3,(H,16,17,18). The van der Waals surface area contributed by atoms with Crippen LogP contribution in [0.15, 0.2) is 0 Å². The lowest BCUT2D eigenvalue weighted by atomic mass is 10.2. The molecule has 1 aliphatic rings. The first-order valence-corrected chi connectivity index (χ1v) is 6.69. The summed E-state index contributed by atoms with van der Waals surface area (Å²) in [5.41, 5.74) is 3.59. The van der Waals surface area contributed by atoms with Crippen LogP contribution in [-0.2, 0) is 6.42 Å². The van der Waals surface area contributed by atoms with Crippen LogP contribution >= 0.6 is 0 Å². The Bertz CT molecular complexity index is 489. The van der Waals surface area contributed by atoms with Crippen LogP contribution < -0.4 is 16.2 Å². The minimum atomic E-state index is 0.507. The molecule has 2 rings (SSSR count). The van der Waals surface area contributed by atoms with Gasteiger partial charge in [0.05, 0.1) is 12.5 Å². The highest BCUT2D eigenvalue weighted by Gasteiger charge is 2.31. The molecule has 0 saturated heterocycles. The highest BCUT2D eigenvalue weighted by molar-refractivity contribution is 5.59. The molecule has 1 aromatic rings. The summed E-state index contributed by atoms with van der Waals surface area (Å²) in [5, 5.41) is 8.79. The van der Waals surface area contributed by atoms with Gasteiger partial charge in [0.15, 0.2) is 0 Å². The number of nitrogens with one attached hydrogen (secondary N) is 1. The number of nitrogens with two attached hydrogens (primary N) is 1.